The van der Waals surface area contributed by atoms with Gasteiger partial charge in [0, 0.05) is 26.7 Å². The first-order chi connectivity index (χ1) is 10.1. The van der Waals surface area contributed by atoms with Gasteiger partial charge in [0.25, 0.3) is 0 Å². The molecule has 1 aromatic rings. The van der Waals surface area contributed by atoms with Gasteiger partial charge in [-0.15, -0.1) is 0 Å². The summed E-state index contributed by atoms with van der Waals surface area (Å²) >= 11 is 0. The molecule has 1 aromatic carbocycles. The van der Waals surface area contributed by atoms with Gasteiger partial charge in [0.1, 0.15) is 0 Å². The van der Waals surface area contributed by atoms with E-state index >= 15 is 0 Å². The molecule has 5 heteroatoms. The fraction of sp³-hybridized carbons (Fsp3) is 0.562. The van der Waals surface area contributed by atoms with Crippen molar-refractivity contribution in [3.8, 4) is 0 Å². The van der Waals surface area contributed by atoms with Gasteiger partial charge >= 0.3 is 6.03 Å². The van der Waals surface area contributed by atoms with Gasteiger partial charge in [-0.2, -0.15) is 0 Å². The maximum Gasteiger partial charge on any atom is 0.317 e. The van der Waals surface area contributed by atoms with Crippen molar-refractivity contribution in [2.24, 2.45) is 0 Å². The van der Waals surface area contributed by atoms with E-state index in [2.05, 4.69) is 5.32 Å². The number of nitrogens with one attached hydrogen (secondary N) is 1. The summed E-state index contributed by atoms with van der Waals surface area (Å²) < 4.78 is 10.8. The van der Waals surface area contributed by atoms with Crippen molar-refractivity contribution in [2.45, 2.75) is 39.2 Å². The summed E-state index contributed by atoms with van der Waals surface area (Å²) in [6.45, 7) is 6.37. The van der Waals surface area contributed by atoms with Gasteiger partial charge in [0.15, 0.2) is 0 Å². The maximum atomic E-state index is 12.2. The lowest BCUT2D eigenvalue weighted by atomic mass is 10.1. The molecule has 116 valence electrons. The highest BCUT2D eigenvalue weighted by Gasteiger charge is 2.25. The van der Waals surface area contributed by atoms with E-state index in [0.29, 0.717) is 26.2 Å². The van der Waals surface area contributed by atoms with Crippen LogP contribution in [0.4, 0.5) is 4.79 Å². The van der Waals surface area contributed by atoms with Crippen molar-refractivity contribution in [2.75, 3.05) is 20.2 Å². The van der Waals surface area contributed by atoms with Crippen molar-refractivity contribution < 1.29 is 14.3 Å². The van der Waals surface area contributed by atoms with Crippen molar-refractivity contribution in [3.63, 3.8) is 0 Å². The molecule has 2 amide bonds. The quantitative estimate of drug-likeness (QED) is 0.925. The van der Waals surface area contributed by atoms with E-state index in [9.17, 15) is 4.79 Å². The molecule has 2 unspecified atom stereocenters. The summed E-state index contributed by atoms with van der Waals surface area (Å²) in [6, 6.07) is 8.02. The molecular weight excluding hydrogens is 268 g/mol. The molecule has 1 aliphatic rings. The number of methoxy groups -OCH3 is 1. The number of hydrogen-bond acceptors (Lipinski definition) is 3. The number of hydrogen-bond donors (Lipinski definition) is 1. The lowest BCUT2D eigenvalue weighted by molar-refractivity contribution is -0.0545. The van der Waals surface area contributed by atoms with Crippen LogP contribution in [0, 0.1) is 0 Å². The average molecular weight is 292 g/mol. The molecule has 0 bridgehead atoms. The van der Waals surface area contributed by atoms with Crippen LogP contribution in [-0.2, 0) is 22.6 Å². The third kappa shape index (κ3) is 4.72. The molecule has 2 atom stereocenters. The number of morpholine rings is 1. The number of carbonyl (C=O) groups excluding carboxylic acids is 1. The second kappa shape index (κ2) is 7.43. The summed E-state index contributed by atoms with van der Waals surface area (Å²) in [6.07, 6.45) is 0.175. The van der Waals surface area contributed by atoms with Gasteiger partial charge in [0.2, 0.25) is 0 Å². The van der Waals surface area contributed by atoms with Crippen LogP contribution >= 0.6 is 0 Å². The lowest BCUT2D eigenvalue weighted by Crippen LogP contribution is -2.51. The highest BCUT2D eigenvalue weighted by molar-refractivity contribution is 5.74. The third-order valence-electron chi connectivity index (χ3n) is 3.45. The van der Waals surface area contributed by atoms with Gasteiger partial charge in [-0.3, -0.25) is 0 Å². The van der Waals surface area contributed by atoms with Crippen molar-refractivity contribution in [3.05, 3.63) is 35.4 Å². The molecule has 1 N–H and O–H groups in total. The van der Waals surface area contributed by atoms with Crippen LogP contribution < -0.4 is 5.32 Å². The first-order valence-electron chi connectivity index (χ1n) is 7.33. The number of urea groups is 1. The van der Waals surface area contributed by atoms with Gasteiger partial charge in [-0.25, -0.2) is 4.79 Å². The molecule has 0 radical (unpaired) electrons. The Balaban J connectivity index is 1.87. The zero-order chi connectivity index (χ0) is 15.2. The van der Waals surface area contributed by atoms with Crippen LogP contribution in [0.5, 0.6) is 0 Å². The number of carbonyl (C=O) groups is 1. The van der Waals surface area contributed by atoms with Gasteiger partial charge < -0.3 is 19.7 Å². The zero-order valence-corrected chi connectivity index (χ0v) is 13.0. The third-order valence-corrected chi connectivity index (χ3v) is 3.45. The second-order valence-corrected chi connectivity index (χ2v) is 5.57. The molecule has 1 fully saturated rings. The van der Waals surface area contributed by atoms with Crippen molar-refractivity contribution in [1.29, 1.82) is 0 Å². The Morgan fingerprint density at radius 3 is 2.67 bits per heavy atom. The van der Waals surface area contributed by atoms with Crippen LogP contribution in [0.2, 0.25) is 0 Å². The first kappa shape index (κ1) is 15.8. The van der Waals surface area contributed by atoms with Crippen LogP contribution in [0.3, 0.4) is 0 Å². The minimum atomic E-state index is -0.0332. The van der Waals surface area contributed by atoms with Crippen LogP contribution in [0.25, 0.3) is 0 Å². The van der Waals surface area contributed by atoms with Crippen LogP contribution in [0.1, 0.15) is 25.0 Å². The Hall–Kier alpha value is -1.59. The lowest BCUT2D eigenvalue weighted by Gasteiger charge is -2.35. The Morgan fingerprint density at radius 2 is 2.00 bits per heavy atom. The zero-order valence-electron chi connectivity index (χ0n) is 13.0. The predicted molar refractivity (Wildman–Crippen MR) is 81.0 cm³/mol. The molecule has 0 spiro atoms. The van der Waals surface area contributed by atoms with E-state index in [1.165, 1.54) is 0 Å². The number of rotatable bonds is 4. The highest BCUT2D eigenvalue weighted by Crippen LogP contribution is 2.11. The molecule has 1 saturated heterocycles. The Bertz CT molecular complexity index is 468. The SMILES string of the molecule is COCc1cccc(CNC(=O)N2CC(C)OC(C)C2)c1. The van der Waals surface area contributed by atoms with E-state index in [-0.39, 0.29) is 18.2 Å². The average Bonchev–Trinajstić information content (AvgIpc) is 2.44. The van der Waals surface area contributed by atoms with Gasteiger partial charge in [-0.05, 0) is 25.0 Å². The number of benzene rings is 1. The van der Waals surface area contributed by atoms with E-state index in [1.54, 1.807) is 7.11 Å². The minimum Gasteiger partial charge on any atom is -0.380 e. The Labute approximate surface area is 126 Å². The van der Waals surface area contributed by atoms with Crippen LogP contribution in [-0.4, -0.2) is 43.3 Å². The summed E-state index contributed by atoms with van der Waals surface area (Å²) in [7, 11) is 1.68. The largest absolute Gasteiger partial charge is 0.380 e. The molecule has 0 aliphatic carbocycles. The summed E-state index contributed by atoms with van der Waals surface area (Å²) in [5.41, 5.74) is 2.19. The van der Waals surface area contributed by atoms with E-state index in [1.807, 2.05) is 43.0 Å². The number of ether oxygens (including phenoxy) is 2. The molecule has 2 rings (SSSR count). The molecule has 0 saturated carbocycles. The molecule has 0 aromatic heterocycles. The first-order valence-corrected chi connectivity index (χ1v) is 7.33. The molecule has 5 nitrogen and oxygen atoms in total. The minimum absolute atomic E-state index is 0.0332. The summed E-state index contributed by atoms with van der Waals surface area (Å²) in [4.78, 5) is 14.0. The summed E-state index contributed by atoms with van der Waals surface area (Å²) in [5, 5.41) is 2.97. The smallest absolute Gasteiger partial charge is 0.317 e. The van der Waals surface area contributed by atoms with Crippen molar-refractivity contribution >= 4 is 6.03 Å². The highest BCUT2D eigenvalue weighted by atomic mass is 16.5. The molecule has 21 heavy (non-hydrogen) atoms. The number of nitrogens with zero attached hydrogens (tertiary/aromatic N) is 1. The van der Waals surface area contributed by atoms with Gasteiger partial charge in [0.05, 0.1) is 18.8 Å². The second-order valence-electron chi connectivity index (χ2n) is 5.57. The molecule has 1 heterocycles. The topological polar surface area (TPSA) is 50.8 Å². The van der Waals surface area contributed by atoms with Crippen molar-refractivity contribution in [1.82, 2.24) is 10.2 Å². The monoisotopic (exact) mass is 292 g/mol. The summed E-state index contributed by atoms with van der Waals surface area (Å²) in [5.74, 6) is 0. The van der Waals surface area contributed by atoms with Gasteiger partial charge in [-0.1, -0.05) is 24.3 Å². The maximum absolute atomic E-state index is 12.2. The Morgan fingerprint density at radius 1 is 1.33 bits per heavy atom. The normalized spacial score (nSPS) is 22.1. The van der Waals surface area contributed by atoms with E-state index in [4.69, 9.17) is 9.47 Å². The fourth-order valence-corrected chi connectivity index (χ4v) is 2.63. The Kier molecular flexibility index (Phi) is 5.59. The van der Waals surface area contributed by atoms with Crippen LogP contribution in [0.15, 0.2) is 24.3 Å². The molecular formula is C16H24N2O3. The van der Waals surface area contributed by atoms with E-state index in [0.717, 1.165) is 11.1 Å². The number of amides is 2. The molecule has 1 aliphatic heterocycles. The standard InChI is InChI=1S/C16H24N2O3/c1-12-9-18(10-13(2)21-12)16(19)17-8-14-5-4-6-15(7-14)11-20-3/h4-7,12-13H,8-11H2,1-3H3,(H,17,19). The predicted octanol–water partition coefficient (Wildman–Crippen LogP) is 2.15. The van der Waals surface area contributed by atoms with E-state index < -0.39 is 0 Å². The fourth-order valence-electron chi connectivity index (χ4n) is 2.63.